The molecule has 2 aromatic carbocycles. The lowest BCUT2D eigenvalue weighted by molar-refractivity contribution is 0.158. The Bertz CT molecular complexity index is 580. The van der Waals surface area contributed by atoms with Crippen LogP contribution in [0.3, 0.4) is 0 Å². The number of amidine groups is 1. The Labute approximate surface area is 118 Å². The van der Waals surface area contributed by atoms with Crippen molar-refractivity contribution in [3.8, 4) is 0 Å². The molecule has 20 heavy (non-hydrogen) atoms. The topological polar surface area (TPSA) is 50.7 Å². The minimum Gasteiger partial charge on any atom is -0.450 e. The van der Waals surface area contributed by atoms with Gasteiger partial charge in [-0.3, -0.25) is 5.32 Å². The fraction of sp³-hybridized carbons (Fsp3) is 0.125. The number of nitrogens with one attached hydrogen (secondary N) is 1. The van der Waals surface area contributed by atoms with Crippen LogP contribution in [0.4, 0.5) is 10.5 Å². The molecule has 0 heterocycles. The fourth-order valence-electron chi connectivity index (χ4n) is 1.66. The number of hydrogen-bond donors (Lipinski definition) is 1. The van der Waals surface area contributed by atoms with Gasteiger partial charge in [0.15, 0.2) is 0 Å². The van der Waals surface area contributed by atoms with E-state index >= 15 is 0 Å². The molecule has 0 saturated heterocycles. The lowest BCUT2D eigenvalue weighted by Gasteiger charge is -2.09. The standard InChI is InChI=1S/C16H16N2O2/c1-2-20-16(19)18-15(13-9-5-3-6-10-13)17-14-11-7-4-8-12-14/h3-12H,2H2,1H3,(H,17,18,19). The Kier molecular flexibility index (Phi) is 4.89. The van der Waals surface area contributed by atoms with Crippen molar-refractivity contribution in [1.29, 1.82) is 0 Å². The number of nitrogens with zero attached hydrogens (tertiary/aromatic N) is 1. The SMILES string of the molecule is CCOC(=O)NC(=Nc1ccccc1)c1ccccc1. The van der Waals surface area contributed by atoms with E-state index in [1.807, 2.05) is 60.7 Å². The minimum atomic E-state index is -0.508. The lowest BCUT2D eigenvalue weighted by atomic mass is 10.2. The molecule has 0 unspecified atom stereocenters. The second-order valence-corrected chi connectivity index (χ2v) is 4.01. The zero-order chi connectivity index (χ0) is 14.2. The van der Waals surface area contributed by atoms with E-state index in [0.717, 1.165) is 11.3 Å². The maximum Gasteiger partial charge on any atom is 0.412 e. The Morgan fingerprint density at radius 1 is 1.05 bits per heavy atom. The van der Waals surface area contributed by atoms with Gasteiger partial charge in [-0.25, -0.2) is 9.79 Å². The molecule has 1 amide bonds. The van der Waals surface area contributed by atoms with E-state index in [1.165, 1.54) is 0 Å². The van der Waals surface area contributed by atoms with Crippen LogP contribution < -0.4 is 5.32 Å². The molecule has 0 aliphatic heterocycles. The average Bonchev–Trinajstić information content (AvgIpc) is 2.49. The van der Waals surface area contributed by atoms with Gasteiger partial charge in [-0.15, -0.1) is 0 Å². The molecule has 2 rings (SSSR count). The summed E-state index contributed by atoms with van der Waals surface area (Å²) in [6.45, 7) is 2.08. The summed E-state index contributed by atoms with van der Waals surface area (Å²) in [7, 11) is 0. The molecule has 2 aromatic rings. The van der Waals surface area contributed by atoms with E-state index in [0.29, 0.717) is 12.4 Å². The van der Waals surface area contributed by atoms with Crippen molar-refractivity contribution in [2.75, 3.05) is 6.61 Å². The highest BCUT2D eigenvalue weighted by atomic mass is 16.5. The van der Waals surface area contributed by atoms with Crippen molar-refractivity contribution in [1.82, 2.24) is 5.32 Å². The smallest absolute Gasteiger partial charge is 0.412 e. The van der Waals surface area contributed by atoms with Crippen molar-refractivity contribution in [3.05, 3.63) is 66.2 Å². The predicted octanol–water partition coefficient (Wildman–Crippen LogP) is 3.51. The summed E-state index contributed by atoms with van der Waals surface area (Å²) < 4.78 is 4.90. The van der Waals surface area contributed by atoms with Gasteiger partial charge in [-0.05, 0) is 19.1 Å². The third kappa shape index (κ3) is 3.95. The van der Waals surface area contributed by atoms with Gasteiger partial charge < -0.3 is 4.74 Å². The summed E-state index contributed by atoms with van der Waals surface area (Å²) in [6, 6.07) is 18.9. The number of rotatable bonds is 3. The highest BCUT2D eigenvalue weighted by Crippen LogP contribution is 2.12. The third-order valence-corrected chi connectivity index (χ3v) is 2.54. The van der Waals surface area contributed by atoms with Crippen LogP contribution >= 0.6 is 0 Å². The van der Waals surface area contributed by atoms with Gasteiger partial charge in [0.25, 0.3) is 0 Å². The summed E-state index contributed by atoms with van der Waals surface area (Å²) in [5.41, 5.74) is 1.59. The van der Waals surface area contributed by atoms with E-state index in [-0.39, 0.29) is 0 Å². The molecule has 0 saturated carbocycles. The Morgan fingerprint density at radius 2 is 1.65 bits per heavy atom. The van der Waals surface area contributed by atoms with Crippen molar-refractivity contribution >= 4 is 17.6 Å². The summed E-state index contributed by atoms with van der Waals surface area (Å²) in [5, 5.41) is 2.67. The second-order valence-electron chi connectivity index (χ2n) is 4.01. The number of carbonyl (C=O) groups excluding carboxylic acids is 1. The number of aliphatic imine (C=N–C) groups is 1. The maximum atomic E-state index is 11.6. The number of carbonyl (C=O) groups is 1. The molecule has 0 spiro atoms. The van der Waals surface area contributed by atoms with E-state index in [2.05, 4.69) is 10.3 Å². The van der Waals surface area contributed by atoms with Crippen LogP contribution in [0.1, 0.15) is 12.5 Å². The van der Waals surface area contributed by atoms with Crippen molar-refractivity contribution in [2.24, 2.45) is 4.99 Å². The molecule has 102 valence electrons. The molecular weight excluding hydrogens is 252 g/mol. The Morgan fingerprint density at radius 3 is 2.25 bits per heavy atom. The summed E-state index contributed by atoms with van der Waals surface area (Å²) in [5.74, 6) is 0.468. The molecule has 1 N–H and O–H groups in total. The molecule has 0 aliphatic carbocycles. The van der Waals surface area contributed by atoms with Gasteiger partial charge in [-0.1, -0.05) is 48.5 Å². The fourth-order valence-corrected chi connectivity index (χ4v) is 1.66. The second kappa shape index (κ2) is 7.09. The molecule has 0 aromatic heterocycles. The third-order valence-electron chi connectivity index (χ3n) is 2.54. The number of benzene rings is 2. The first-order valence-corrected chi connectivity index (χ1v) is 6.42. The molecular formula is C16H16N2O2. The number of alkyl carbamates (subject to hydrolysis) is 1. The molecule has 0 radical (unpaired) electrons. The summed E-state index contributed by atoms with van der Waals surface area (Å²) in [6.07, 6.45) is -0.508. The van der Waals surface area contributed by atoms with Gasteiger partial charge >= 0.3 is 6.09 Å². The molecule has 0 atom stereocenters. The van der Waals surface area contributed by atoms with Crippen LogP contribution in [0.2, 0.25) is 0 Å². The van der Waals surface area contributed by atoms with E-state index in [1.54, 1.807) is 6.92 Å². The Balaban J connectivity index is 2.29. The van der Waals surface area contributed by atoms with Crippen molar-refractivity contribution in [3.63, 3.8) is 0 Å². The first-order valence-electron chi connectivity index (χ1n) is 6.42. The first kappa shape index (κ1) is 13.8. The first-order chi connectivity index (χ1) is 9.79. The lowest BCUT2D eigenvalue weighted by Crippen LogP contribution is -2.31. The van der Waals surface area contributed by atoms with Gasteiger partial charge in [0, 0.05) is 5.56 Å². The van der Waals surface area contributed by atoms with Crippen LogP contribution in [0.25, 0.3) is 0 Å². The average molecular weight is 268 g/mol. The zero-order valence-corrected chi connectivity index (χ0v) is 11.2. The van der Waals surface area contributed by atoms with Crippen LogP contribution in [0.15, 0.2) is 65.7 Å². The van der Waals surface area contributed by atoms with Crippen LogP contribution in [-0.2, 0) is 4.74 Å². The molecule has 4 nitrogen and oxygen atoms in total. The van der Waals surface area contributed by atoms with Gasteiger partial charge in [0.1, 0.15) is 5.84 Å². The maximum absolute atomic E-state index is 11.6. The summed E-state index contributed by atoms with van der Waals surface area (Å²) in [4.78, 5) is 16.1. The quantitative estimate of drug-likeness (QED) is 0.684. The van der Waals surface area contributed by atoms with Crippen molar-refractivity contribution < 1.29 is 9.53 Å². The Hall–Kier alpha value is -2.62. The number of amides is 1. The van der Waals surface area contributed by atoms with Gasteiger partial charge in [0.2, 0.25) is 0 Å². The zero-order valence-electron chi connectivity index (χ0n) is 11.2. The summed E-state index contributed by atoms with van der Waals surface area (Å²) >= 11 is 0. The molecule has 0 fully saturated rings. The van der Waals surface area contributed by atoms with Crippen LogP contribution in [0, 0.1) is 0 Å². The van der Waals surface area contributed by atoms with Gasteiger partial charge in [-0.2, -0.15) is 0 Å². The van der Waals surface area contributed by atoms with E-state index in [4.69, 9.17) is 4.74 Å². The van der Waals surface area contributed by atoms with Gasteiger partial charge in [0.05, 0.1) is 12.3 Å². The molecule has 4 heteroatoms. The largest absolute Gasteiger partial charge is 0.450 e. The number of hydrogen-bond acceptors (Lipinski definition) is 3. The highest BCUT2D eigenvalue weighted by Gasteiger charge is 2.08. The highest BCUT2D eigenvalue weighted by molar-refractivity contribution is 6.07. The minimum absolute atomic E-state index is 0.319. The molecule has 0 aliphatic rings. The van der Waals surface area contributed by atoms with E-state index in [9.17, 15) is 4.79 Å². The number of ether oxygens (including phenoxy) is 1. The van der Waals surface area contributed by atoms with Crippen molar-refractivity contribution in [2.45, 2.75) is 6.92 Å². The normalized spacial score (nSPS) is 10.9. The number of para-hydroxylation sites is 1. The van der Waals surface area contributed by atoms with Crippen LogP contribution in [-0.4, -0.2) is 18.5 Å². The van der Waals surface area contributed by atoms with Crippen LogP contribution in [0.5, 0.6) is 0 Å². The molecule has 0 bridgehead atoms. The predicted molar refractivity (Wildman–Crippen MR) is 79.2 cm³/mol. The monoisotopic (exact) mass is 268 g/mol. The van der Waals surface area contributed by atoms with E-state index < -0.39 is 6.09 Å².